The molecule has 0 aliphatic carbocycles. The molecule has 0 aromatic heterocycles. The summed E-state index contributed by atoms with van der Waals surface area (Å²) in [5, 5.41) is 11.7. The van der Waals surface area contributed by atoms with Crippen molar-refractivity contribution < 1.29 is 23.4 Å². The minimum Gasteiger partial charge on any atom is -0.465 e. The van der Waals surface area contributed by atoms with E-state index in [0.717, 1.165) is 7.11 Å². The maximum Gasteiger partial charge on any atom is 0.340 e. The first-order valence-corrected chi connectivity index (χ1v) is 6.23. The molecule has 1 aromatic carbocycles. The first-order valence-electron chi connectivity index (χ1n) is 6.23. The quantitative estimate of drug-likeness (QED) is 0.790. The van der Waals surface area contributed by atoms with Crippen LogP contribution in [0.1, 0.15) is 30.6 Å². The summed E-state index contributed by atoms with van der Waals surface area (Å²) in [4.78, 5) is 11.2. The molecular formula is C14H19F2NO3. The van der Waals surface area contributed by atoms with E-state index >= 15 is 0 Å². The van der Waals surface area contributed by atoms with E-state index in [1.807, 2.05) is 13.8 Å². The minimum absolute atomic E-state index is 0.0206. The van der Waals surface area contributed by atoms with E-state index in [4.69, 9.17) is 5.11 Å². The van der Waals surface area contributed by atoms with E-state index in [2.05, 4.69) is 10.1 Å². The molecule has 0 bridgehead atoms. The average Bonchev–Trinajstić information content (AvgIpc) is 2.39. The fourth-order valence-electron chi connectivity index (χ4n) is 1.68. The normalized spacial score (nSPS) is 11.3. The third-order valence-electron chi connectivity index (χ3n) is 3.03. The molecule has 1 rings (SSSR count). The van der Waals surface area contributed by atoms with Crippen molar-refractivity contribution in [3.05, 3.63) is 29.3 Å². The maximum absolute atomic E-state index is 13.8. The van der Waals surface area contributed by atoms with Gasteiger partial charge in [-0.15, -0.1) is 0 Å². The lowest BCUT2D eigenvalue weighted by atomic mass is 9.89. The Balaban J connectivity index is 2.88. The van der Waals surface area contributed by atoms with Gasteiger partial charge in [-0.05, 0) is 24.0 Å². The highest BCUT2D eigenvalue weighted by Gasteiger charge is 2.21. The van der Waals surface area contributed by atoms with Gasteiger partial charge in [-0.3, -0.25) is 0 Å². The van der Waals surface area contributed by atoms with Gasteiger partial charge in [-0.1, -0.05) is 13.8 Å². The number of benzene rings is 1. The molecule has 0 amide bonds. The smallest absolute Gasteiger partial charge is 0.340 e. The number of anilines is 1. The summed E-state index contributed by atoms with van der Waals surface area (Å²) < 4.78 is 31.9. The number of ether oxygens (including phenoxy) is 1. The van der Waals surface area contributed by atoms with Gasteiger partial charge >= 0.3 is 5.97 Å². The summed E-state index contributed by atoms with van der Waals surface area (Å²) in [6, 6.07) is 2.46. The molecule has 112 valence electrons. The van der Waals surface area contributed by atoms with Gasteiger partial charge in [0.05, 0.1) is 18.4 Å². The third-order valence-corrected chi connectivity index (χ3v) is 3.03. The number of carbonyl (C=O) groups is 1. The lowest BCUT2D eigenvalue weighted by Gasteiger charge is -2.24. The van der Waals surface area contributed by atoms with Crippen LogP contribution in [0.2, 0.25) is 0 Å². The molecule has 0 heterocycles. The number of esters is 1. The van der Waals surface area contributed by atoms with Crippen LogP contribution in [-0.4, -0.2) is 31.3 Å². The van der Waals surface area contributed by atoms with Gasteiger partial charge in [0.25, 0.3) is 0 Å². The molecule has 0 saturated heterocycles. The van der Waals surface area contributed by atoms with Crippen LogP contribution in [0.5, 0.6) is 0 Å². The molecule has 4 nitrogen and oxygen atoms in total. The van der Waals surface area contributed by atoms with Crippen molar-refractivity contribution in [1.82, 2.24) is 0 Å². The highest BCUT2D eigenvalue weighted by molar-refractivity contribution is 5.90. The van der Waals surface area contributed by atoms with Crippen LogP contribution in [0.4, 0.5) is 14.5 Å². The number of halogens is 2. The highest BCUT2D eigenvalue weighted by Crippen LogP contribution is 2.24. The Hall–Kier alpha value is -1.69. The number of methoxy groups -OCH3 is 1. The zero-order valence-corrected chi connectivity index (χ0v) is 11.8. The fraction of sp³-hybridized carbons (Fsp3) is 0.500. The SMILES string of the molecule is COC(=O)c1ccc(NCC(C)(C)CCO)c(F)c1F. The second kappa shape index (κ2) is 6.65. The van der Waals surface area contributed by atoms with Gasteiger partial charge in [0.15, 0.2) is 11.6 Å². The first-order chi connectivity index (χ1) is 9.32. The molecule has 0 aliphatic rings. The summed E-state index contributed by atoms with van der Waals surface area (Å²) in [7, 11) is 1.10. The lowest BCUT2D eigenvalue weighted by molar-refractivity contribution is 0.0594. The van der Waals surface area contributed by atoms with Gasteiger partial charge in [0, 0.05) is 13.2 Å². The number of carbonyl (C=O) groups excluding carboxylic acids is 1. The van der Waals surface area contributed by atoms with E-state index < -0.39 is 23.2 Å². The van der Waals surface area contributed by atoms with Crippen molar-refractivity contribution >= 4 is 11.7 Å². The number of aliphatic hydroxyl groups excluding tert-OH is 1. The van der Waals surface area contributed by atoms with E-state index in [9.17, 15) is 13.6 Å². The van der Waals surface area contributed by atoms with E-state index in [-0.39, 0.29) is 17.7 Å². The first kappa shape index (κ1) is 16.4. The molecular weight excluding hydrogens is 268 g/mol. The van der Waals surface area contributed by atoms with E-state index in [0.29, 0.717) is 13.0 Å². The maximum atomic E-state index is 13.8. The Bertz CT molecular complexity index is 490. The lowest BCUT2D eigenvalue weighted by Crippen LogP contribution is -2.25. The van der Waals surface area contributed by atoms with Crippen LogP contribution in [0.3, 0.4) is 0 Å². The molecule has 1 aromatic rings. The monoisotopic (exact) mass is 287 g/mol. The van der Waals surface area contributed by atoms with Crippen LogP contribution in [0, 0.1) is 17.0 Å². The molecule has 0 radical (unpaired) electrons. The summed E-state index contributed by atoms with van der Waals surface area (Å²) in [6.45, 7) is 4.18. The van der Waals surface area contributed by atoms with Crippen LogP contribution < -0.4 is 5.32 Å². The van der Waals surface area contributed by atoms with Gasteiger partial charge < -0.3 is 15.2 Å². The molecule has 0 spiro atoms. The average molecular weight is 287 g/mol. The molecule has 0 unspecified atom stereocenters. The zero-order valence-electron chi connectivity index (χ0n) is 11.8. The summed E-state index contributed by atoms with van der Waals surface area (Å²) >= 11 is 0. The standard InChI is InChI=1S/C14H19F2NO3/c1-14(2,6-7-18)8-17-10-5-4-9(13(19)20-3)11(15)12(10)16/h4-5,17-18H,6-8H2,1-3H3. The van der Waals surface area contributed by atoms with E-state index in [1.165, 1.54) is 12.1 Å². The zero-order chi connectivity index (χ0) is 15.3. The Kier molecular flexibility index (Phi) is 5.44. The Morgan fingerprint density at radius 2 is 2.00 bits per heavy atom. The van der Waals surface area contributed by atoms with Crippen LogP contribution in [0.15, 0.2) is 12.1 Å². The Morgan fingerprint density at radius 1 is 1.35 bits per heavy atom. The molecule has 6 heteroatoms. The molecule has 0 atom stereocenters. The highest BCUT2D eigenvalue weighted by atomic mass is 19.2. The number of rotatable bonds is 6. The molecule has 0 aliphatic heterocycles. The van der Waals surface area contributed by atoms with Crippen LogP contribution in [0.25, 0.3) is 0 Å². The minimum atomic E-state index is -1.23. The third kappa shape index (κ3) is 3.90. The van der Waals surface area contributed by atoms with Crippen molar-refractivity contribution in [2.45, 2.75) is 20.3 Å². The predicted octanol–water partition coefficient (Wildman–Crippen LogP) is 2.57. The largest absolute Gasteiger partial charge is 0.465 e. The number of hydrogen-bond acceptors (Lipinski definition) is 4. The number of hydrogen-bond donors (Lipinski definition) is 2. The summed E-state index contributed by atoms with van der Waals surface area (Å²) in [5.41, 5.74) is -0.732. The predicted molar refractivity (Wildman–Crippen MR) is 71.7 cm³/mol. The molecule has 2 N–H and O–H groups in total. The van der Waals surface area contributed by atoms with Crippen molar-refractivity contribution in [2.75, 3.05) is 25.6 Å². The van der Waals surface area contributed by atoms with Gasteiger partial charge in [0.1, 0.15) is 0 Å². The van der Waals surface area contributed by atoms with Gasteiger partial charge in [0.2, 0.25) is 0 Å². The number of nitrogens with one attached hydrogen (secondary N) is 1. The summed E-state index contributed by atoms with van der Waals surface area (Å²) in [5.74, 6) is -3.27. The van der Waals surface area contributed by atoms with Crippen molar-refractivity contribution in [1.29, 1.82) is 0 Å². The molecule has 20 heavy (non-hydrogen) atoms. The molecule has 0 fully saturated rings. The fourth-order valence-corrected chi connectivity index (χ4v) is 1.68. The van der Waals surface area contributed by atoms with Gasteiger partial charge in [-0.2, -0.15) is 0 Å². The van der Waals surface area contributed by atoms with Crippen LogP contribution in [-0.2, 0) is 4.74 Å². The van der Waals surface area contributed by atoms with E-state index in [1.54, 1.807) is 0 Å². The Morgan fingerprint density at radius 3 is 2.55 bits per heavy atom. The second-order valence-corrected chi connectivity index (χ2v) is 5.27. The van der Waals surface area contributed by atoms with Crippen molar-refractivity contribution in [3.8, 4) is 0 Å². The molecule has 0 saturated carbocycles. The summed E-state index contributed by atoms with van der Waals surface area (Å²) in [6.07, 6.45) is 0.532. The van der Waals surface area contributed by atoms with Crippen molar-refractivity contribution in [2.24, 2.45) is 5.41 Å². The number of aliphatic hydroxyl groups is 1. The Labute approximate surface area is 116 Å². The topological polar surface area (TPSA) is 58.6 Å². The van der Waals surface area contributed by atoms with Crippen LogP contribution >= 0.6 is 0 Å². The van der Waals surface area contributed by atoms with Gasteiger partial charge in [-0.25, -0.2) is 13.6 Å². The van der Waals surface area contributed by atoms with Crippen molar-refractivity contribution in [3.63, 3.8) is 0 Å². The second-order valence-electron chi connectivity index (χ2n) is 5.27.